The van der Waals surface area contributed by atoms with Gasteiger partial charge in [-0.2, -0.15) is 9.78 Å². The number of benzene rings is 3. The predicted molar refractivity (Wildman–Crippen MR) is 131 cm³/mol. The SMILES string of the molecule is COc1ccc2ccccc2c1/C=N\n1c(SCc2ccc(Br)cc2)nnc1C(C)C. The number of nitrogens with zero attached hydrogens (tertiary/aromatic N) is 4. The Kier molecular flexibility index (Phi) is 6.73. The minimum absolute atomic E-state index is 0.195. The maximum absolute atomic E-state index is 5.61. The maximum atomic E-state index is 5.61. The van der Waals surface area contributed by atoms with Gasteiger partial charge in [-0.15, -0.1) is 10.2 Å². The molecule has 0 aliphatic carbocycles. The van der Waals surface area contributed by atoms with E-state index in [4.69, 9.17) is 9.84 Å². The first-order valence-electron chi connectivity index (χ1n) is 9.99. The summed E-state index contributed by atoms with van der Waals surface area (Å²) in [6, 6.07) is 20.6. The molecule has 0 fully saturated rings. The van der Waals surface area contributed by atoms with E-state index < -0.39 is 0 Å². The zero-order chi connectivity index (χ0) is 21.8. The molecule has 0 saturated carbocycles. The molecule has 0 amide bonds. The van der Waals surface area contributed by atoms with Crippen molar-refractivity contribution in [1.29, 1.82) is 0 Å². The van der Waals surface area contributed by atoms with Crippen molar-refractivity contribution in [3.63, 3.8) is 0 Å². The Labute approximate surface area is 194 Å². The van der Waals surface area contributed by atoms with E-state index in [0.717, 1.165) is 43.3 Å². The lowest BCUT2D eigenvalue weighted by Crippen LogP contribution is -2.03. The van der Waals surface area contributed by atoms with Crippen LogP contribution in [0.2, 0.25) is 0 Å². The van der Waals surface area contributed by atoms with Crippen molar-refractivity contribution in [3.8, 4) is 5.75 Å². The number of halogens is 1. The highest BCUT2D eigenvalue weighted by atomic mass is 79.9. The third-order valence-electron chi connectivity index (χ3n) is 4.89. The highest BCUT2D eigenvalue weighted by Crippen LogP contribution is 2.28. The predicted octanol–water partition coefficient (Wildman–Crippen LogP) is 6.50. The van der Waals surface area contributed by atoms with Crippen LogP contribution in [0.3, 0.4) is 0 Å². The Bertz CT molecular complexity index is 1220. The molecular weight excluding hydrogens is 472 g/mol. The van der Waals surface area contributed by atoms with E-state index in [1.807, 2.05) is 41.2 Å². The molecule has 5 nitrogen and oxygen atoms in total. The molecule has 0 unspecified atom stereocenters. The molecule has 4 aromatic rings. The van der Waals surface area contributed by atoms with Crippen LogP contribution in [-0.4, -0.2) is 28.2 Å². The van der Waals surface area contributed by atoms with Gasteiger partial charge in [0.1, 0.15) is 5.75 Å². The lowest BCUT2D eigenvalue weighted by molar-refractivity contribution is 0.415. The number of thioether (sulfide) groups is 1. The monoisotopic (exact) mass is 494 g/mol. The van der Waals surface area contributed by atoms with Crippen molar-refractivity contribution in [2.45, 2.75) is 30.7 Å². The third-order valence-corrected chi connectivity index (χ3v) is 6.41. The molecule has 7 heteroatoms. The molecule has 1 aromatic heterocycles. The Hall–Kier alpha value is -2.64. The van der Waals surface area contributed by atoms with Crippen molar-refractivity contribution in [2.75, 3.05) is 7.11 Å². The van der Waals surface area contributed by atoms with Crippen molar-refractivity contribution >= 4 is 44.7 Å². The molecule has 0 aliphatic heterocycles. The smallest absolute Gasteiger partial charge is 0.212 e. The van der Waals surface area contributed by atoms with Gasteiger partial charge >= 0.3 is 0 Å². The van der Waals surface area contributed by atoms with Gasteiger partial charge in [0.2, 0.25) is 5.16 Å². The first kappa shape index (κ1) is 21.6. The first-order chi connectivity index (χ1) is 15.1. The molecule has 1 heterocycles. The average molecular weight is 495 g/mol. The lowest BCUT2D eigenvalue weighted by Gasteiger charge is -2.10. The van der Waals surface area contributed by atoms with Crippen molar-refractivity contribution in [2.24, 2.45) is 5.10 Å². The third kappa shape index (κ3) is 4.83. The number of rotatable bonds is 7. The molecule has 4 rings (SSSR count). The Morgan fingerprint density at radius 2 is 1.84 bits per heavy atom. The van der Waals surface area contributed by atoms with Crippen LogP contribution in [0.15, 0.2) is 75.4 Å². The average Bonchev–Trinajstić information content (AvgIpc) is 3.20. The summed E-state index contributed by atoms with van der Waals surface area (Å²) >= 11 is 5.10. The standard InChI is InChI=1S/C24H23BrN4OS/c1-16(2)23-27-28-24(31-15-17-8-11-19(25)12-9-17)29(23)26-14-21-20-7-5-4-6-18(20)10-13-22(21)30-3/h4-14,16H,15H2,1-3H3/b26-14-. The summed E-state index contributed by atoms with van der Waals surface area (Å²) in [5.41, 5.74) is 2.15. The van der Waals surface area contributed by atoms with Crippen LogP contribution in [0.1, 0.15) is 36.7 Å². The topological polar surface area (TPSA) is 52.3 Å². The van der Waals surface area contributed by atoms with Crippen LogP contribution < -0.4 is 4.74 Å². The molecule has 0 radical (unpaired) electrons. The number of hydrogen-bond acceptors (Lipinski definition) is 5. The van der Waals surface area contributed by atoms with Crippen LogP contribution in [-0.2, 0) is 5.75 Å². The van der Waals surface area contributed by atoms with Gasteiger partial charge in [0.05, 0.1) is 13.3 Å². The Morgan fingerprint density at radius 3 is 2.58 bits per heavy atom. The minimum atomic E-state index is 0.195. The number of methoxy groups -OCH3 is 1. The summed E-state index contributed by atoms with van der Waals surface area (Å²) < 4.78 is 8.52. The van der Waals surface area contributed by atoms with Crippen LogP contribution in [0.25, 0.3) is 10.8 Å². The van der Waals surface area contributed by atoms with E-state index in [9.17, 15) is 0 Å². The summed E-state index contributed by atoms with van der Waals surface area (Å²) in [6.45, 7) is 4.19. The summed E-state index contributed by atoms with van der Waals surface area (Å²) in [6.07, 6.45) is 1.85. The second-order valence-corrected chi connectivity index (χ2v) is 9.23. The summed E-state index contributed by atoms with van der Waals surface area (Å²) in [5, 5.41) is 16.6. The normalized spacial score (nSPS) is 11.6. The summed E-state index contributed by atoms with van der Waals surface area (Å²) in [5.74, 6) is 2.59. The van der Waals surface area contributed by atoms with E-state index in [-0.39, 0.29) is 5.92 Å². The molecule has 0 N–H and O–H groups in total. The second kappa shape index (κ2) is 9.66. The van der Waals surface area contributed by atoms with Gasteiger partial charge in [-0.25, -0.2) is 0 Å². The van der Waals surface area contributed by atoms with Gasteiger partial charge in [-0.1, -0.05) is 84.0 Å². The summed E-state index contributed by atoms with van der Waals surface area (Å²) in [7, 11) is 1.68. The summed E-state index contributed by atoms with van der Waals surface area (Å²) in [4.78, 5) is 0. The quantitative estimate of drug-likeness (QED) is 0.217. The minimum Gasteiger partial charge on any atom is -0.496 e. The molecule has 0 bridgehead atoms. The van der Waals surface area contributed by atoms with Crippen molar-refractivity contribution < 1.29 is 4.74 Å². The van der Waals surface area contributed by atoms with Gasteiger partial charge in [0.15, 0.2) is 5.82 Å². The second-order valence-electron chi connectivity index (χ2n) is 7.37. The molecule has 0 atom stereocenters. The molecule has 3 aromatic carbocycles. The largest absolute Gasteiger partial charge is 0.496 e. The molecule has 0 aliphatic rings. The van der Waals surface area contributed by atoms with Crippen LogP contribution >= 0.6 is 27.7 Å². The molecule has 31 heavy (non-hydrogen) atoms. The molecular formula is C24H23BrN4OS. The number of aromatic nitrogens is 3. The van der Waals surface area contributed by atoms with E-state index in [1.54, 1.807) is 18.9 Å². The highest BCUT2D eigenvalue weighted by molar-refractivity contribution is 9.10. The fraction of sp³-hybridized carbons (Fsp3) is 0.208. The zero-order valence-corrected chi connectivity index (χ0v) is 20.0. The van der Waals surface area contributed by atoms with Crippen LogP contribution in [0.4, 0.5) is 0 Å². The fourth-order valence-corrected chi connectivity index (χ4v) is 4.38. The van der Waals surface area contributed by atoms with Crippen molar-refractivity contribution in [3.05, 3.63) is 82.1 Å². The van der Waals surface area contributed by atoms with E-state index in [0.29, 0.717) is 0 Å². The maximum Gasteiger partial charge on any atom is 0.212 e. The Balaban J connectivity index is 1.69. The van der Waals surface area contributed by atoms with Gasteiger partial charge in [0, 0.05) is 21.7 Å². The van der Waals surface area contributed by atoms with E-state index >= 15 is 0 Å². The van der Waals surface area contributed by atoms with Gasteiger partial charge < -0.3 is 4.74 Å². The number of fused-ring (bicyclic) bond motifs is 1. The fourth-order valence-electron chi connectivity index (χ4n) is 3.27. The molecule has 0 saturated heterocycles. The van der Waals surface area contributed by atoms with Gasteiger partial charge in [0.25, 0.3) is 0 Å². The van der Waals surface area contributed by atoms with Gasteiger partial charge in [-0.05, 0) is 34.5 Å². The first-order valence-corrected chi connectivity index (χ1v) is 11.8. The number of hydrogen-bond donors (Lipinski definition) is 0. The molecule has 158 valence electrons. The lowest BCUT2D eigenvalue weighted by atomic mass is 10.0. The Morgan fingerprint density at radius 1 is 1.06 bits per heavy atom. The zero-order valence-electron chi connectivity index (χ0n) is 17.6. The van der Waals surface area contributed by atoms with Crippen LogP contribution in [0, 0.1) is 0 Å². The van der Waals surface area contributed by atoms with Gasteiger partial charge in [-0.3, -0.25) is 0 Å². The van der Waals surface area contributed by atoms with E-state index in [2.05, 4.69) is 70.3 Å². The number of ether oxygens (including phenoxy) is 1. The molecule has 0 spiro atoms. The van der Waals surface area contributed by atoms with Crippen molar-refractivity contribution in [1.82, 2.24) is 14.9 Å². The van der Waals surface area contributed by atoms with E-state index in [1.165, 1.54) is 5.56 Å². The van der Waals surface area contributed by atoms with Crippen LogP contribution in [0.5, 0.6) is 5.75 Å². The highest BCUT2D eigenvalue weighted by Gasteiger charge is 2.16.